The Kier molecular flexibility index (Phi) is 5.50. The molecule has 5 nitrogen and oxygen atoms in total. The van der Waals surface area contributed by atoms with E-state index in [1.807, 2.05) is 0 Å². The monoisotopic (exact) mass is 161 g/mol. The van der Waals surface area contributed by atoms with Crippen molar-refractivity contribution in [1.82, 2.24) is 0 Å². The van der Waals surface area contributed by atoms with Gasteiger partial charge >= 0.3 is 0 Å². The number of nitrogens with two attached hydrogens (primary N) is 2. The Morgan fingerprint density at radius 1 is 1.64 bits per heavy atom. The molecule has 0 aliphatic carbocycles. The summed E-state index contributed by atoms with van der Waals surface area (Å²) in [6.45, 7) is 2.56. The molecule has 0 fully saturated rings. The lowest BCUT2D eigenvalue weighted by molar-refractivity contribution is -0.0850. The molecule has 0 radical (unpaired) electrons. The Morgan fingerprint density at radius 3 is 2.73 bits per heavy atom. The van der Waals surface area contributed by atoms with E-state index in [0.29, 0.717) is 19.6 Å². The van der Waals surface area contributed by atoms with Crippen LogP contribution in [-0.2, 0) is 4.74 Å². The lowest BCUT2D eigenvalue weighted by Crippen LogP contribution is -2.23. The first kappa shape index (κ1) is 10.2. The van der Waals surface area contributed by atoms with Crippen LogP contribution in [0.3, 0.4) is 0 Å². The molecule has 0 amide bonds. The number of aliphatic hydroxyl groups is 1. The average molecular weight is 161 g/mol. The molecule has 0 aliphatic heterocycles. The van der Waals surface area contributed by atoms with Crippen LogP contribution in [0.2, 0.25) is 0 Å². The maximum absolute atomic E-state index is 8.65. The number of rotatable bonds is 5. The molecule has 0 spiro atoms. The minimum absolute atomic E-state index is 0.0852. The van der Waals surface area contributed by atoms with E-state index in [0.717, 1.165) is 0 Å². The molecular weight excluding hydrogens is 146 g/mol. The van der Waals surface area contributed by atoms with Crippen molar-refractivity contribution in [3.05, 3.63) is 0 Å². The zero-order valence-electron chi connectivity index (χ0n) is 6.66. The zero-order valence-corrected chi connectivity index (χ0v) is 6.66. The summed E-state index contributed by atoms with van der Waals surface area (Å²) in [5, 5.41) is 8.65. The summed E-state index contributed by atoms with van der Waals surface area (Å²) in [6, 6.07) is 0. The van der Waals surface area contributed by atoms with Crippen LogP contribution in [0.4, 0.5) is 0 Å². The molecule has 11 heavy (non-hydrogen) atoms. The van der Waals surface area contributed by atoms with E-state index in [-0.39, 0.29) is 5.96 Å². The summed E-state index contributed by atoms with van der Waals surface area (Å²) in [5.74, 6) is 0.0852. The normalized spacial score (nSPS) is 12.5. The lowest BCUT2D eigenvalue weighted by Gasteiger charge is -2.04. The van der Waals surface area contributed by atoms with Crippen molar-refractivity contribution >= 4 is 5.96 Å². The molecule has 0 bridgehead atoms. The molecule has 66 valence electrons. The topological polar surface area (TPSA) is 93.9 Å². The number of aliphatic hydroxyl groups excluding tert-OH is 1. The van der Waals surface area contributed by atoms with Gasteiger partial charge in [0.2, 0.25) is 0 Å². The average Bonchev–Trinajstić information content (AvgIpc) is 1.85. The third-order valence-corrected chi connectivity index (χ3v) is 0.956. The first-order valence-corrected chi connectivity index (χ1v) is 3.48. The van der Waals surface area contributed by atoms with Crippen molar-refractivity contribution < 1.29 is 9.84 Å². The van der Waals surface area contributed by atoms with Crippen LogP contribution in [0.5, 0.6) is 0 Å². The summed E-state index contributed by atoms with van der Waals surface area (Å²) in [5.41, 5.74) is 10.1. The number of hydrogen-bond donors (Lipinski definition) is 3. The molecule has 0 aliphatic rings. The summed E-state index contributed by atoms with van der Waals surface area (Å²) in [7, 11) is 0. The Balaban J connectivity index is 3.09. The SMILES string of the molecule is CC(O)OCCCN=C(N)N. The van der Waals surface area contributed by atoms with E-state index in [2.05, 4.69) is 4.99 Å². The minimum Gasteiger partial charge on any atom is -0.370 e. The number of guanidine groups is 1. The van der Waals surface area contributed by atoms with Crippen LogP contribution in [0.25, 0.3) is 0 Å². The fourth-order valence-corrected chi connectivity index (χ4v) is 0.527. The van der Waals surface area contributed by atoms with Crippen LogP contribution < -0.4 is 11.5 Å². The van der Waals surface area contributed by atoms with Crippen LogP contribution in [0.1, 0.15) is 13.3 Å². The van der Waals surface area contributed by atoms with Crippen LogP contribution in [0.15, 0.2) is 4.99 Å². The van der Waals surface area contributed by atoms with Gasteiger partial charge in [-0.15, -0.1) is 0 Å². The number of nitrogens with zero attached hydrogens (tertiary/aromatic N) is 1. The number of hydrogen-bond acceptors (Lipinski definition) is 3. The van der Waals surface area contributed by atoms with Crippen molar-refractivity contribution in [2.75, 3.05) is 13.2 Å². The quantitative estimate of drug-likeness (QED) is 0.209. The van der Waals surface area contributed by atoms with E-state index >= 15 is 0 Å². The molecule has 0 aromatic rings. The van der Waals surface area contributed by atoms with Crippen molar-refractivity contribution in [2.24, 2.45) is 16.5 Å². The molecule has 5 N–H and O–H groups in total. The standard InChI is InChI=1S/C6H15N3O2/c1-5(10)11-4-2-3-9-6(7)8/h5,10H,2-4H2,1H3,(H4,7,8,9). The highest BCUT2D eigenvalue weighted by molar-refractivity contribution is 5.75. The third-order valence-electron chi connectivity index (χ3n) is 0.956. The van der Waals surface area contributed by atoms with E-state index in [1.54, 1.807) is 6.92 Å². The van der Waals surface area contributed by atoms with Gasteiger partial charge in [0.15, 0.2) is 12.2 Å². The largest absolute Gasteiger partial charge is 0.370 e. The number of ether oxygens (including phenoxy) is 1. The Morgan fingerprint density at radius 2 is 2.27 bits per heavy atom. The van der Waals surface area contributed by atoms with Crippen LogP contribution >= 0.6 is 0 Å². The highest BCUT2D eigenvalue weighted by Crippen LogP contribution is 1.87. The van der Waals surface area contributed by atoms with Gasteiger partial charge in [0.05, 0.1) is 6.61 Å². The molecule has 1 unspecified atom stereocenters. The Hall–Kier alpha value is -0.810. The first-order valence-electron chi connectivity index (χ1n) is 3.48. The van der Waals surface area contributed by atoms with E-state index in [9.17, 15) is 0 Å². The third kappa shape index (κ3) is 9.19. The molecule has 1 atom stereocenters. The highest BCUT2D eigenvalue weighted by atomic mass is 16.6. The van der Waals surface area contributed by atoms with Crippen molar-refractivity contribution in [1.29, 1.82) is 0 Å². The molecule has 0 aromatic heterocycles. The lowest BCUT2D eigenvalue weighted by atomic mass is 10.4. The van der Waals surface area contributed by atoms with E-state index < -0.39 is 6.29 Å². The second kappa shape index (κ2) is 5.94. The van der Waals surface area contributed by atoms with Crippen molar-refractivity contribution in [2.45, 2.75) is 19.6 Å². The molecule has 5 heteroatoms. The summed E-state index contributed by atoms with van der Waals surface area (Å²) in [6.07, 6.45) is -0.00259. The maximum Gasteiger partial charge on any atom is 0.185 e. The minimum atomic E-state index is -0.714. The van der Waals surface area contributed by atoms with Gasteiger partial charge in [-0.3, -0.25) is 4.99 Å². The first-order chi connectivity index (χ1) is 5.13. The van der Waals surface area contributed by atoms with Crippen LogP contribution in [0, 0.1) is 0 Å². The summed E-state index contributed by atoms with van der Waals surface area (Å²) < 4.78 is 4.83. The van der Waals surface area contributed by atoms with E-state index in [4.69, 9.17) is 21.3 Å². The van der Waals surface area contributed by atoms with Gasteiger partial charge in [-0.2, -0.15) is 0 Å². The molecule has 0 saturated heterocycles. The van der Waals surface area contributed by atoms with Gasteiger partial charge in [0.1, 0.15) is 0 Å². The number of aliphatic imine (C=N–C) groups is 1. The predicted molar refractivity (Wildman–Crippen MR) is 42.9 cm³/mol. The molecule has 0 saturated carbocycles. The fourth-order valence-electron chi connectivity index (χ4n) is 0.527. The second-order valence-corrected chi connectivity index (χ2v) is 2.13. The highest BCUT2D eigenvalue weighted by Gasteiger charge is 1.92. The van der Waals surface area contributed by atoms with Gasteiger partial charge in [-0.1, -0.05) is 0 Å². The molecule has 0 rings (SSSR count). The van der Waals surface area contributed by atoms with Crippen molar-refractivity contribution in [3.8, 4) is 0 Å². The summed E-state index contributed by atoms with van der Waals surface area (Å²) >= 11 is 0. The van der Waals surface area contributed by atoms with Crippen LogP contribution in [-0.4, -0.2) is 30.5 Å². The molecular formula is C6H15N3O2. The molecule has 0 aromatic carbocycles. The molecule has 0 heterocycles. The fraction of sp³-hybridized carbons (Fsp3) is 0.833. The van der Waals surface area contributed by atoms with Crippen molar-refractivity contribution in [3.63, 3.8) is 0 Å². The van der Waals surface area contributed by atoms with E-state index in [1.165, 1.54) is 0 Å². The summed E-state index contributed by atoms with van der Waals surface area (Å²) in [4.78, 5) is 3.73. The van der Waals surface area contributed by atoms with Gasteiger partial charge in [-0.05, 0) is 13.3 Å². The Bertz CT molecular complexity index is 121. The zero-order chi connectivity index (χ0) is 8.69. The van der Waals surface area contributed by atoms with Gasteiger partial charge < -0.3 is 21.3 Å². The second-order valence-electron chi connectivity index (χ2n) is 2.13. The maximum atomic E-state index is 8.65. The van der Waals surface area contributed by atoms with Gasteiger partial charge in [0, 0.05) is 6.54 Å². The Labute approximate surface area is 66.0 Å². The predicted octanol–water partition coefficient (Wildman–Crippen LogP) is -0.995. The van der Waals surface area contributed by atoms with Gasteiger partial charge in [-0.25, -0.2) is 0 Å². The smallest absolute Gasteiger partial charge is 0.185 e. The van der Waals surface area contributed by atoms with Gasteiger partial charge in [0.25, 0.3) is 0 Å².